The summed E-state index contributed by atoms with van der Waals surface area (Å²) in [6.07, 6.45) is 3.05. The van der Waals surface area contributed by atoms with Gasteiger partial charge in [-0.2, -0.15) is 0 Å². The summed E-state index contributed by atoms with van der Waals surface area (Å²) >= 11 is 0. The van der Waals surface area contributed by atoms with E-state index in [1.54, 1.807) is 6.08 Å². The van der Waals surface area contributed by atoms with Gasteiger partial charge in [-0.1, -0.05) is 6.08 Å². The molecule has 2 fully saturated rings. The Morgan fingerprint density at radius 2 is 2.39 bits per heavy atom. The molecular weight excluding hydrogens is 232 g/mol. The van der Waals surface area contributed by atoms with Gasteiger partial charge >= 0.3 is 0 Å². The number of nitrogens with zero attached hydrogens (tertiary/aromatic N) is 1. The monoisotopic (exact) mass is 254 g/mol. The maximum absolute atomic E-state index is 12.0. The molecular formula is C13H22N2O3. The first-order valence-corrected chi connectivity index (χ1v) is 6.57. The smallest absolute Gasteiger partial charge is 0.223 e. The summed E-state index contributed by atoms with van der Waals surface area (Å²) in [6, 6.07) is 0. The lowest BCUT2D eigenvalue weighted by Gasteiger charge is -2.41. The molecule has 5 nitrogen and oxygen atoms in total. The van der Waals surface area contributed by atoms with Crippen molar-refractivity contribution in [2.45, 2.75) is 18.4 Å². The van der Waals surface area contributed by atoms with Gasteiger partial charge in [0.05, 0.1) is 26.4 Å². The van der Waals surface area contributed by atoms with E-state index in [-0.39, 0.29) is 11.5 Å². The highest BCUT2D eigenvalue weighted by molar-refractivity contribution is 5.76. The van der Waals surface area contributed by atoms with E-state index >= 15 is 0 Å². The number of hydrogen-bond acceptors (Lipinski definition) is 4. The van der Waals surface area contributed by atoms with Crippen LogP contribution in [0.5, 0.6) is 0 Å². The van der Waals surface area contributed by atoms with Gasteiger partial charge in [-0.05, 0) is 6.42 Å². The number of carbonyl (C=O) groups excluding carboxylic acids is 1. The summed E-state index contributed by atoms with van der Waals surface area (Å²) in [5.41, 5.74) is -0.363. The fraction of sp³-hybridized carbons (Fsp3) is 0.769. The van der Waals surface area contributed by atoms with Crippen LogP contribution in [-0.4, -0.2) is 62.4 Å². The second-order valence-electron chi connectivity index (χ2n) is 4.90. The molecule has 102 valence electrons. The Balaban J connectivity index is 1.94. The summed E-state index contributed by atoms with van der Waals surface area (Å²) in [4.78, 5) is 13.9. The molecule has 18 heavy (non-hydrogen) atoms. The molecule has 1 spiro atoms. The lowest BCUT2D eigenvalue weighted by molar-refractivity contribution is -0.158. The van der Waals surface area contributed by atoms with E-state index in [1.165, 1.54) is 0 Å². The Kier molecular flexibility index (Phi) is 4.74. The third-order valence-electron chi connectivity index (χ3n) is 3.40. The van der Waals surface area contributed by atoms with Crippen LogP contribution in [0.25, 0.3) is 0 Å². The first-order chi connectivity index (χ1) is 8.76. The highest BCUT2D eigenvalue weighted by atomic mass is 16.5. The second kappa shape index (κ2) is 6.31. The van der Waals surface area contributed by atoms with E-state index in [0.717, 1.165) is 19.5 Å². The molecule has 2 saturated heterocycles. The standard InChI is InChI=1S/C13H22N2O3/c1-2-3-4-12(16)15-6-8-18-13(10-15)9-14-5-7-17-11-13/h2,14H,1,3-11H2/t13-/m1/s1. The molecule has 2 aliphatic heterocycles. The normalized spacial score (nSPS) is 29.0. The fourth-order valence-electron chi connectivity index (χ4n) is 2.41. The molecule has 0 aliphatic carbocycles. The van der Waals surface area contributed by atoms with Crippen molar-refractivity contribution in [2.24, 2.45) is 0 Å². The van der Waals surface area contributed by atoms with Crippen LogP contribution in [0, 0.1) is 0 Å². The molecule has 2 aliphatic rings. The molecule has 2 heterocycles. The van der Waals surface area contributed by atoms with E-state index in [1.807, 2.05) is 4.90 Å². The van der Waals surface area contributed by atoms with Crippen LogP contribution in [0.3, 0.4) is 0 Å². The van der Waals surface area contributed by atoms with Gasteiger partial charge in [0.2, 0.25) is 5.91 Å². The number of amides is 1. The van der Waals surface area contributed by atoms with Crippen molar-refractivity contribution >= 4 is 5.91 Å². The minimum Gasteiger partial charge on any atom is -0.377 e. The van der Waals surface area contributed by atoms with Gasteiger partial charge in [0, 0.05) is 26.1 Å². The van der Waals surface area contributed by atoms with Crippen LogP contribution in [0.15, 0.2) is 12.7 Å². The number of carbonyl (C=O) groups is 1. The van der Waals surface area contributed by atoms with E-state index in [0.29, 0.717) is 39.3 Å². The van der Waals surface area contributed by atoms with Gasteiger partial charge in [0.1, 0.15) is 5.60 Å². The Morgan fingerprint density at radius 3 is 3.22 bits per heavy atom. The van der Waals surface area contributed by atoms with Crippen LogP contribution in [0.1, 0.15) is 12.8 Å². The molecule has 5 heteroatoms. The second-order valence-corrected chi connectivity index (χ2v) is 4.90. The Hall–Kier alpha value is -0.910. The van der Waals surface area contributed by atoms with Gasteiger partial charge in [-0.15, -0.1) is 6.58 Å². The first-order valence-electron chi connectivity index (χ1n) is 6.57. The van der Waals surface area contributed by atoms with Crippen LogP contribution in [0.4, 0.5) is 0 Å². The average molecular weight is 254 g/mol. The topological polar surface area (TPSA) is 50.8 Å². The predicted octanol–water partition coefficient (Wildman–Crippen LogP) is 0.170. The van der Waals surface area contributed by atoms with Gasteiger partial charge < -0.3 is 19.7 Å². The van der Waals surface area contributed by atoms with Gasteiger partial charge in [-0.25, -0.2) is 0 Å². The van der Waals surface area contributed by atoms with E-state index in [9.17, 15) is 4.79 Å². The summed E-state index contributed by atoms with van der Waals surface area (Å²) < 4.78 is 11.4. The molecule has 1 amide bonds. The number of nitrogens with one attached hydrogen (secondary N) is 1. The zero-order valence-electron chi connectivity index (χ0n) is 10.8. The lowest BCUT2D eigenvalue weighted by atomic mass is 10.0. The van der Waals surface area contributed by atoms with Crippen LogP contribution in [-0.2, 0) is 14.3 Å². The lowest BCUT2D eigenvalue weighted by Crippen LogP contribution is -2.59. The number of ether oxygens (including phenoxy) is 2. The van der Waals surface area contributed by atoms with Gasteiger partial charge in [-0.3, -0.25) is 4.79 Å². The van der Waals surface area contributed by atoms with Crippen LogP contribution >= 0.6 is 0 Å². The van der Waals surface area contributed by atoms with Crippen molar-refractivity contribution in [2.75, 3.05) is 46.0 Å². The van der Waals surface area contributed by atoms with Crippen LogP contribution < -0.4 is 5.32 Å². The Morgan fingerprint density at radius 1 is 1.50 bits per heavy atom. The third-order valence-corrected chi connectivity index (χ3v) is 3.40. The molecule has 1 N–H and O–H groups in total. The number of allylic oxidation sites excluding steroid dienone is 1. The maximum Gasteiger partial charge on any atom is 0.223 e. The van der Waals surface area contributed by atoms with Crippen molar-refractivity contribution in [3.63, 3.8) is 0 Å². The quantitative estimate of drug-likeness (QED) is 0.730. The summed E-state index contributed by atoms with van der Waals surface area (Å²) in [7, 11) is 0. The van der Waals surface area contributed by atoms with Crippen molar-refractivity contribution in [3.8, 4) is 0 Å². The maximum atomic E-state index is 12.0. The SMILES string of the molecule is C=CCCC(=O)N1CCO[C@]2(CNCCOC2)C1. The number of morpholine rings is 1. The van der Waals surface area contributed by atoms with Crippen molar-refractivity contribution in [1.29, 1.82) is 0 Å². The fourth-order valence-corrected chi connectivity index (χ4v) is 2.41. The highest BCUT2D eigenvalue weighted by Gasteiger charge is 2.39. The van der Waals surface area contributed by atoms with E-state index in [4.69, 9.17) is 9.47 Å². The minimum atomic E-state index is -0.363. The van der Waals surface area contributed by atoms with E-state index < -0.39 is 0 Å². The molecule has 0 unspecified atom stereocenters. The van der Waals surface area contributed by atoms with Crippen molar-refractivity contribution in [3.05, 3.63) is 12.7 Å². The average Bonchev–Trinajstić information content (AvgIpc) is 2.62. The largest absolute Gasteiger partial charge is 0.377 e. The van der Waals surface area contributed by atoms with Crippen molar-refractivity contribution < 1.29 is 14.3 Å². The molecule has 0 radical (unpaired) electrons. The van der Waals surface area contributed by atoms with Crippen LogP contribution in [0.2, 0.25) is 0 Å². The van der Waals surface area contributed by atoms with Gasteiger partial charge in [0.15, 0.2) is 0 Å². The minimum absolute atomic E-state index is 0.182. The summed E-state index contributed by atoms with van der Waals surface area (Å²) in [5, 5.41) is 3.31. The molecule has 0 bridgehead atoms. The number of rotatable bonds is 3. The van der Waals surface area contributed by atoms with Gasteiger partial charge in [0.25, 0.3) is 0 Å². The molecule has 0 aromatic carbocycles. The molecule has 0 aromatic heterocycles. The molecule has 2 rings (SSSR count). The zero-order chi connectivity index (χ0) is 12.8. The Bertz CT molecular complexity index is 299. The molecule has 1 atom stereocenters. The van der Waals surface area contributed by atoms with E-state index in [2.05, 4.69) is 11.9 Å². The highest BCUT2D eigenvalue weighted by Crippen LogP contribution is 2.20. The summed E-state index contributed by atoms with van der Waals surface area (Å²) in [6.45, 7) is 8.39. The molecule has 0 saturated carbocycles. The first kappa shape index (κ1) is 13.5. The summed E-state index contributed by atoms with van der Waals surface area (Å²) in [5.74, 6) is 0.182. The number of hydrogen-bond donors (Lipinski definition) is 1. The predicted molar refractivity (Wildman–Crippen MR) is 68.4 cm³/mol. The zero-order valence-corrected chi connectivity index (χ0v) is 10.8. The third kappa shape index (κ3) is 3.31. The molecule has 0 aromatic rings. The van der Waals surface area contributed by atoms with Crippen molar-refractivity contribution in [1.82, 2.24) is 10.2 Å². The Labute approximate surface area is 108 Å².